The van der Waals surface area contributed by atoms with Gasteiger partial charge in [-0.2, -0.15) is 0 Å². The molecular formula is C26H21BrFNO3. The zero-order chi connectivity index (χ0) is 23.2. The van der Waals surface area contributed by atoms with Crippen LogP contribution in [-0.2, 0) is 9.59 Å². The molecule has 0 saturated carbocycles. The molecule has 1 N–H and O–H groups in total. The van der Waals surface area contributed by atoms with Crippen LogP contribution in [0.4, 0.5) is 10.1 Å². The first kappa shape index (κ1) is 22.0. The highest BCUT2D eigenvalue weighted by molar-refractivity contribution is 9.10. The van der Waals surface area contributed by atoms with Gasteiger partial charge in [-0.1, -0.05) is 40.2 Å². The second-order valence-corrected chi connectivity index (χ2v) is 8.81. The summed E-state index contributed by atoms with van der Waals surface area (Å²) < 4.78 is 14.5. The Hall–Kier alpha value is -3.25. The summed E-state index contributed by atoms with van der Waals surface area (Å²) in [4.78, 5) is 27.7. The lowest BCUT2D eigenvalue weighted by atomic mass is 9.94. The molecule has 162 valence electrons. The molecule has 32 heavy (non-hydrogen) atoms. The van der Waals surface area contributed by atoms with Gasteiger partial charge in [0.05, 0.1) is 11.6 Å². The number of amides is 1. The minimum absolute atomic E-state index is 0.0263. The number of rotatable bonds is 3. The number of carbonyl (C=O) groups excluding carboxylic acids is 2. The van der Waals surface area contributed by atoms with E-state index in [4.69, 9.17) is 0 Å². The van der Waals surface area contributed by atoms with Gasteiger partial charge >= 0.3 is 0 Å². The molecule has 1 atom stereocenters. The number of benzene rings is 3. The van der Waals surface area contributed by atoms with Crippen LogP contribution >= 0.6 is 15.9 Å². The lowest BCUT2D eigenvalue weighted by molar-refractivity contribution is -0.132. The molecule has 0 aliphatic carbocycles. The average molecular weight is 494 g/mol. The topological polar surface area (TPSA) is 57.6 Å². The Balaban J connectivity index is 1.96. The van der Waals surface area contributed by atoms with Crippen LogP contribution in [0, 0.1) is 26.6 Å². The lowest BCUT2D eigenvalue weighted by Crippen LogP contribution is -2.29. The van der Waals surface area contributed by atoms with E-state index in [9.17, 15) is 19.1 Å². The van der Waals surface area contributed by atoms with Gasteiger partial charge in [-0.05, 0) is 79.4 Å². The van der Waals surface area contributed by atoms with Gasteiger partial charge in [0.15, 0.2) is 0 Å². The van der Waals surface area contributed by atoms with E-state index in [0.29, 0.717) is 16.8 Å². The molecule has 3 aromatic rings. The number of aryl methyl sites for hydroxylation is 3. The van der Waals surface area contributed by atoms with Crippen LogP contribution in [0.15, 0.2) is 70.7 Å². The highest BCUT2D eigenvalue weighted by Gasteiger charge is 2.47. The Kier molecular flexibility index (Phi) is 5.73. The third-order valence-corrected chi connectivity index (χ3v) is 6.72. The van der Waals surface area contributed by atoms with Crippen molar-refractivity contribution in [1.29, 1.82) is 0 Å². The third-order valence-electron chi connectivity index (χ3n) is 5.83. The summed E-state index contributed by atoms with van der Waals surface area (Å²) in [6.45, 7) is 5.75. The Morgan fingerprint density at radius 1 is 0.906 bits per heavy atom. The summed E-state index contributed by atoms with van der Waals surface area (Å²) in [6, 6.07) is 15.4. The second-order valence-electron chi connectivity index (χ2n) is 7.95. The molecule has 0 bridgehead atoms. The number of hydrogen-bond acceptors (Lipinski definition) is 3. The maximum Gasteiger partial charge on any atom is 0.300 e. The van der Waals surface area contributed by atoms with Crippen LogP contribution < -0.4 is 4.90 Å². The number of ketones is 1. The quantitative estimate of drug-likeness (QED) is 0.270. The number of aliphatic hydroxyl groups excluding tert-OH is 1. The van der Waals surface area contributed by atoms with Gasteiger partial charge in [-0.15, -0.1) is 0 Å². The van der Waals surface area contributed by atoms with E-state index in [0.717, 1.165) is 21.2 Å². The summed E-state index contributed by atoms with van der Waals surface area (Å²) >= 11 is 3.43. The maximum absolute atomic E-state index is 13.6. The SMILES string of the molecule is Cc1ccc(N2C(=O)C(=O)/C(=C(/O)c3ccc(Br)c(C)c3)C2c2ccc(F)cc2)cc1C. The zero-order valence-corrected chi connectivity index (χ0v) is 19.4. The van der Waals surface area contributed by atoms with E-state index in [-0.39, 0.29) is 11.3 Å². The molecule has 1 amide bonds. The van der Waals surface area contributed by atoms with Crippen LogP contribution in [0.1, 0.15) is 33.9 Å². The molecular weight excluding hydrogens is 473 g/mol. The molecule has 1 aliphatic rings. The maximum atomic E-state index is 13.6. The van der Waals surface area contributed by atoms with Crippen molar-refractivity contribution < 1.29 is 19.1 Å². The van der Waals surface area contributed by atoms with Gasteiger partial charge in [0, 0.05) is 15.7 Å². The fourth-order valence-electron chi connectivity index (χ4n) is 3.88. The van der Waals surface area contributed by atoms with E-state index < -0.39 is 23.5 Å². The van der Waals surface area contributed by atoms with Gasteiger partial charge in [0.25, 0.3) is 11.7 Å². The minimum Gasteiger partial charge on any atom is -0.507 e. The fourth-order valence-corrected chi connectivity index (χ4v) is 4.13. The molecule has 1 saturated heterocycles. The molecule has 4 rings (SSSR count). The van der Waals surface area contributed by atoms with Crippen LogP contribution in [0.2, 0.25) is 0 Å². The minimum atomic E-state index is -0.887. The molecule has 0 spiro atoms. The van der Waals surface area contributed by atoms with Crippen molar-refractivity contribution in [2.75, 3.05) is 4.90 Å². The highest BCUT2D eigenvalue weighted by Crippen LogP contribution is 2.42. The summed E-state index contributed by atoms with van der Waals surface area (Å²) in [7, 11) is 0. The van der Waals surface area contributed by atoms with Crippen molar-refractivity contribution in [1.82, 2.24) is 0 Å². The van der Waals surface area contributed by atoms with E-state index in [2.05, 4.69) is 15.9 Å². The van der Waals surface area contributed by atoms with Crippen LogP contribution in [0.25, 0.3) is 5.76 Å². The van der Waals surface area contributed by atoms with E-state index in [1.54, 1.807) is 24.3 Å². The van der Waals surface area contributed by atoms with Crippen molar-refractivity contribution in [3.05, 3.63) is 104 Å². The van der Waals surface area contributed by atoms with Crippen molar-refractivity contribution in [2.24, 2.45) is 0 Å². The summed E-state index contributed by atoms with van der Waals surface area (Å²) in [5.74, 6) is -2.21. The predicted molar refractivity (Wildman–Crippen MR) is 126 cm³/mol. The van der Waals surface area contributed by atoms with Crippen LogP contribution in [0.5, 0.6) is 0 Å². The number of hydrogen-bond donors (Lipinski definition) is 1. The van der Waals surface area contributed by atoms with E-state index in [1.807, 2.05) is 32.9 Å². The number of halogens is 2. The van der Waals surface area contributed by atoms with Crippen molar-refractivity contribution in [2.45, 2.75) is 26.8 Å². The Labute approximate surface area is 194 Å². The molecule has 3 aromatic carbocycles. The molecule has 0 aromatic heterocycles. The molecule has 4 nitrogen and oxygen atoms in total. The fraction of sp³-hybridized carbons (Fsp3) is 0.154. The predicted octanol–water partition coefficient (Wildman–Crippen LogP) is 6.14. The Morgan fingerprint density at radius 3 is 2.22 bits per heavy atom. The van der Waals surface area contributed by atoms with Crippen molar-refractivity contribution >= 4 is 39.1 Å². The molecule has 1 unspecified atom stereocenters. The number of anilines is 1. The zero-order valence-electron chi connectivity index (χ0n) is 17.8. The normalized spacial score (nSPS) is 17.8. The van der Waals surface area contributed by atoms with Gasteiger partial charge in [0.2, 0.25) is 0 Å². The van der Waals surface area contributed by atoms with E-state index >= 15 is 0 Å². The summed E-state index contributed by atoms with van der Waals surface area (Å²) in [5.41, 5.74) is 4.35. The van der Waals surface area contributed by atoms with Crippen molar-refractivity contribution in [3.8, 4) is 0 Å². The first-order valence-corrected chi connectivity index (χ1v) is 10.9. The number of aliphatic hydroxyl groups is 1. The first-order chi connectivity index (χ1) is 15.2. The lowest BCUT2D eigenvalue weighted by Gasteiger charge is -2.26. The van der Waals surface area contributed by atoms with Crippen LogP contribution in [0.3, 0.4) is 0 Å². The standard InChI is InChI=1S/C26H21BrFNO3/c1-14-4-10-20(13-15(14)2)29-23(17-5-8-19(28)9-6-17)22(25(31)26(29)32)24(30)18-7-11-21(27)16(3)12-18/h4-13,23,30H,1-3H3/b24-22+. The Bertz CT molecular complexity index is 1280. The average Bonchev–Trinajstić information content (AvgIpc) is 3.03. The molecule has 1 aliphatic heterocycles. The Morgan fingerprint density at radius 2 is 1.59 bits per heavy atom. The number of nitrogens with zero attached hydrogens (tertiary/aromatic N) is 1. The molecule has 1 heterocycles. The van der Waals surface area contributed by atoms with Gasteiger partial charge in [-0.3, -0.25) is 14.5 Å². The smallest absolute Gasteiger partial charge is 0.300 e. The molecule has 6 heteroatoms. The number of Topliss-reactive ketones (excluding diaryl/α,β-unsaturated/α-hetero) is 1. The molecule has 0 radical (unpaired) electrons. The van der Waals surface area contributed by atoms with Crippen LogP contribution in [-0.4, -0.2) is 16.8 Å². The van der Waals surface area contributed by atoms with E-state index in [1.165, 1.54) is 29.2 Å². The van der Waals surface area contributed by atoms with Crippen molar-refractivity contribution in [3.63, 3.8) is 0 Å². The van der Waals surface area contributed by atoms with Gasteiger partial charge in [-0.25, -0.2) is 4.39 Å². The summed E-state index contributed by atoms with van der Waals surface area (Å²) in [5, 5.41) is 11.2. The molecule has 1 fully saturated rings. The highest BCUT2D eigenvalue weighted by atomic mass is 79.9. The van der Waals surface area contributed by atoms with Gasteiger partial charge < -0.3 is 5.11 Å². The first-order valence-electron chi connectivity index (χ1n) is 10.1. The monoisotopic (exact) mass is 493 g/mol. The third kappa shape index (κ3) is 3.75. The van der Waals surface area contributed by atoms with Gasteiger partial charge in [0.1, 0.15) is 11.6 Å². The number of carbonyl (C=O) groups is 2. The second kappa shape index (κ2) is 8.36. The summed E-state index contributed by atoms with van der Waals surface area (Å²) in [6.07, 6.45) is 0. The largest absolute Gasteiger partial charge is 0.507 e.